The van der Waals surface area contributed by atoms with E-state index in [1.807, 2.05) is 109 Å². The molecule has 2 aliphatic rings. The lowest BCUT2D eigenvalue weighted by Crippen LogP contribution is -2.61. The highest BCUT2D eigenvalue weighted by atomic mass is 15.2. The van der Waals surface area contributed by atoms with Gasteiger partial charge < -0.3 is 18.9 Å². The lowest BCUT2D eigenvalue weighted by molar-refractivity contribution is 0.590. The van der Waals surface area contributed by atoms with Crippen molar-refractivity contribution in [2.24, 2.45) is 0 Å². The minimum Gasteiger partial charge on any atom is -0.310 e. The maximum absolute atomic E-state index is 9.78. The van der Waals surface area contributed by atoms with Gasteiger partial charge in [-0.05, 0) is 133 Å². The number of aromatic nitrogens is 2. The van der Waals surface area contributed by atoms with Crippen molar-refractivity contribution < 1.29 is 21.9 Å². The molecule has 91 heavy (non-hydrogen) atoms. The zero-order valence-electron chi connectivity index (χ0n) is 66.9. The molecule has 2 aliphatic heterocycles. The van der Waals surface area contributed by atoms with Crippen LogP contribution in [-0.4, -0.2) is 15.8 Å². The molecule has 0 radical (unpaired) electrons. The molecule has 4 heterocycles. The van der Waals surface area contributed by atoms with E-state index in [1.54, 1.807) is 9.13 Å². The van der Waals surface area contributed by atoms with E-state index in [9.17, 15) is 16.4 Å². The van der Waals surface area contributed by atoms with Crippen LogP contribution in [0.2, 0.25) is 0 Å². The Morgan fingerprint density at radius 3 is 0.978 bits per heavy atom. The summed E-state index contributed by atoms with van der Waals surface area (Å²) in [6.07, 6.45) is 0. The highest BCUT2D eigenvalue weighted by molar-refractivity contribution is 7.00. The van der Waals surface area contributed by atoms with Gasteiger partial charge in [0, 0.05) is 77.9 Å². The van der Waals surface area contributed by atoms with Crippen molar-refractivity contribution in [2.45, 2.75) is 52.4 Å². The molecule has 0 spiro atoms. The van der Waals surface area contributed by atoms with Crippen LogP contribution in [0.1, 0.15) is 74.6 Å². The zero-order chi connectivity index (χ0) is 75.2. The van der Waals surface area contributed by atoms with E-state index in [4.69, 9.17) is 5.48 Å². The van der Waals surface area contributed by atoms with Crippen molar-refractivity contribution in [2.75, 3.05) is 9.80 Å². The van der Waals surface area contributed by atoms with Crippen LogP contribution in [0.15, 0.2) is 297 Å². The Labute approximate surface area is 555 Å². The molecule has 0 unspecified atom stereocenters. The maximum Gasteiger partial charge on any atom is 0.252 e. The molecule has 0 atom stereocenters. The van der Waals surface area contributed by atoms with Crippen molar-refractivity contribution in [1.29, 1.82) is 0 Å². The molecule has 0 bridgehead atoms. The number of nitrogens with zero attached hydrogens (tertiary/aromatic N) is 4. The van der Waals surface area contributed by atoms with E-state index in [-0.39, 0.29) is 43.6 Å². The number of benzene rings is 13. The molecule has 0 fully saturated rings. The molecule has 4 nitrogen and oxygen atoms in total. The number of hydrogen-bond acceptors (Lipinski definition) is 2. The van der Waals surface area contributed by atoms with Gasteiger partial charge in [-0.15, -0.1) is 0 Å². The molecule has 5 heteroatoms. The Hall–Kier alpha value is -10.9. The third-order valence-corrected chi connectivity index (χ3v) is 18.3. The van der Waals surface area contributed by atoms with E-state index in [1.165, 1.54) is 0 Å². The number of anilines is 6. The first-order valence-corrected chi connectivity index (χ1v) is 30.7. The van der Waals surface area contributed by atoms with Crippen LogP contribution in [-0.2, 0) is 10.8 Å². The SMILES string of the molecule is [2H]c1c([2H])c([2H])c2c(c1[2H])c1c([2H])c([2H])c([2H])c([2H])c1n2-c1ccc2c(c1)N(c1c(-c3ccccc3)cccc1-c1ccccc1)c1cc(C(C)(C)C)cc3c1B2c1ccc(-n2c4c([2H])c([2H])c([2H])c([2H])c4c4c([2H])c([2H])c([2H])c([2H])c42)cc1N3c1c(-c2ccccc2)cc(C(C)(C)C)cc1-c1ccccc1. The summed E-state index contributed by atoms with van der Waals surface area (Å²) >= 11 is 0. The zero-order valence-corrected chi connectivity index (χ0v) is 50.9. The van der Waals surface area contributed by atoms with Crippen molar-refractivity contribution in [1.82, 2.24) is 9.13 Å². The van der Waals surface area contributed by atoms with Crippen LogP contribution in [0, 0.1) is 0 Å². The van der Waals surface area contributed by atoms with Crippen LogP contribution >= 0.6 is 0 Å². The predicted molar refractivity (Wildman–Crippen MR) is 388 cm³/mol. The summed E-state index contributed by atoms with van der Waals surface area (Å²) in [6, 6.07) is 59.8. The van der Waals surface area contributed by atoms with Crippen LogP contribution in [0.5, 0.6) is 0 Å². The van der Waals surface area contributed by atoms with Gasteiger partial charge in [-0.3, -0.25) is 0 Å². The van der Waals surface area contributed by atoms with Crippen molar-refractivity contribution in [3.8, 4) is 55.9 Å². The molecule has 15 aromatic rings. The Morgan fingerprint density at radius 1 is 0.308 bits per heavy atom. The molecule has 17 rings (SSSR count). The summed E-state index contributed by atoms with van der Waals surface area (Å²) in [4.78, 5) is 4.64. The third kappa shape index (κ3) is 8.66. The molecule has 0 amide bonds. The van der Waals surface area contributed by atoms with Crippen LogP contribution < -0.4 is 26.2 Å². The molecule has 434 valence electrons. The summed E-state index contributed by atoms with van der Waals surface area (Å²) < 4.78 is 153. The monoisotopic (exact) mass is 1180 g/mol. The summed E-state index contributed by atoms with van der Waals surface area (Å²) in [5.41, 5.74) is 15.2. The van der Waals surface area contributed by atoms with E-state index in [0.717, 1.165) is 94.8 Å². The summed E-state index contributed by atoms with van der Waals surface area (Å²) in [5, 5.41) is -0.259. The van der Waals surface area contributed by atoms with E-state index >= 15 is 0 Å². The van der Waals surface area contributed by atoms with Crippen LogP contribution in [0.3, 0.4) is 0 Å². The quantitative estimate of drug-likeness (QED) is 0.141. The standard InChI is InChI=1S/C86H67BN4/c1-85(2,3)60-50-70(58-32-15-9-16-33-58)84(71(51-60)59-34-17-10-18-35-59)91-79-55-63(89-76-44-25-21-38-68(76)69-39-22-26-45-77(69)89)47-49-73(79)87-72-48-46-62(88-74-42-23-19-36-66(74)67-37-20-24-43-75(67)88)54-78(72)90(80-52-61(86(4,5)6)53-81(91)82(80)87)83-64(56-28-11-7-12-29-56)40-27-41-65(83)57-30-13-8-14-31-57/h7-55H,1-6H3/i19D,20D,21D,22D,23D,24D,25D,26D,36D,37D,38D,39D,42D,43D,44D,45D. The number of para-hydroxylation sites is 5. The van der Waals surface area contributed by atoms with Gasteiger partial charge in [-0.2, -0.15) is 0 Å². The Morgan fingerprint density at radius 2 is 0.626 bits per heavy atom. The molecular formula is C86H67BN4. The van der Waals surface area contributed by atoms with Gasteiger partial charge >= 0.3 is 0 Å². The average Bonchev–Trinajstić information content (AvgIpc) is 1.46. The topological polar surface area (TPSA) is 16.3 Å². The molecular weight excluding hydrogens is 1100 g/mol. The van der Waals surface area contributed by atoms with Crippen molar-refractivity contribution in [3.05, 3.63) is 308 Å². The smallest absolute Gasteiger partial charge is 0.252 e. The van der Waals surface area contributed by atoms with Gasteiger partial charge in [-0.1, -0.05) is 266 Å². The van der Waals surface area contributed by atoms with Crippen molar-refractivity contribution >= 4 is 101 Å². The Balaban J connectivity index is 1.10. The summed E-state index contributed by atoms with van der Waals surface area (Å²) in [6.45, 7) is 12.4. The highest BCUT2D eigenvalue weighted by Gasteiger charge is 2.46. The Kier molecular flexibility index (Phi) is 9.15. The minimum atomic E-state index is -0.728. The van der Waals surface area contributed by atoms with Gasteiger partial charge in [0.25, 0.3) is 6.71 Å². The highest BCUT2D eigenvalue weighted by Crippen LogP contribution is 2.55. The lowest BCUT2D eigenvalue weighted by Gasteiger charge is -2.46. The van der Waals surface area contributed by atoms with E-state index in [2.05, 4.69) is 142 Å². The summed E-state index contributed by atoms with van der Waals surface area (Å²) in [5.74, 6) is 0. The first-order valence-electron chi connectivity index (χ1n) is 38.7. The van der Waals surface area contributed by atoms with Gasteiger partial charge in [-0.25, -0.2) is 0 Å². The molecule has 0 saturated carbocycles. The number of hydrogen-bond donors (Lipinski definition) is 0. The predicted octanol–water partition coefficient (Wildman–Crippen LogP) is 21.2. The fraction of sp³-hybridized carbons (Fsp3) is 0.0930. The van der Waals surface area contributed by atoms with Gasteiger partial charge in [0.1, 0.15) is 0 Å². The molecule has 0 N–H and O–H groups in total. The fourth-order valence-corrected chi connectivity index (χ4v) is 14.0. The second-order valence-corrected chi connectivity index (χ2v) is 25.7. The average molecular weight is 1180 g/mol. The second kappa shape index (κ2) is 20.9. The number of rotatable bonds is 8. The third-order valence-electron chi connectivity index (χ3n) is 18.3. The van der Waals surface area contributed by atoms with Crippen molar-refractivity contribution in [3.63, 3.8) is 0 Å². The minimum absolute atomic E-state index is 0.0419. The first kappa shape index (κ1) is 39.9. The summed E-state index contributed by atoms with van der Waals surface area (Å²) in [7, 11) is 0. The maximum atomic E-state index is 9.78. The van der Waals surface area contributed by atoms with E-state index in [0.29, 0.717) is 22.7 Å². The second-order valence-electron chi connectivity index (χ2n) is 25.7. The Bertz CT molecular complexity index is 6090. The van der Waals surface area contributed by atoms with Gasteiger partial charge in [0.15, 0.2) is 0 Å². The molecule has 0 saturated heterocycles. The molecule has 13 aromatic carbocycles. The molecule has 2 aromatic heterocycles. The van der Waals surface area contributed by atoms with Crippen LogP contribution in [0.4, 0.5) is 34.1 Å². The lowest BCUT2D eigenvalue weighted by atomic mass is 9.33. The first-order chi connectivity index (χ1) is 51.1. The van der Waals surface area contributed by atoms with Gasteiger partial charge in [0.2, 0.25) is 0 Å². The van der Waals surface area contributed by atoms with E-state index < -0.39 is 114 Å². The molecule has 0 aliphatic carbocycles. The largest absolute Gasteiger partial charge is 0.310 e. The van der Waals surface area contributed by atoms with Gasteiger partial charge in [0.05, 0.1) is 55.4 Å². The number of fused-ring (bicyclic) bond motifs is 10. The normalized spacial score (nSPS) is 15.3. The fourth-order valence-electron chi connectivity index (χ4n) is 14.0. The van der Waals surface area contributed by atoms with Crippen LogP contribution in [0.25, 0.3) is 99.5 Å².